The number of hydrogen-bond acceptors (Lipinski definition) is 4. The topological polar surface area (TPSA) is 70.7 Å². The molecule has 3 rings (SSSR count). The van der Waals surface area contributed by atoms with E-state index >= 15 is 0 Å². The molecule has 0 fully saturated rings. The summed E-state index contributed by atoms with van der Waals surface area (Å²) >= 11 is 4.32. The summed E-state index contributed by atoms with van der Waals surface area (Å²) in [5.41, 5.74) is 1.37. The highest BCUT2D eigenvalue weighted by atomic mass is 32.1. The van der Waals surface area contributed by atoms with Crippen molar-refractivity contribution < 1.29 is 23.1 Å². The van der Waals surface area contributed by atoms with Gasteiger partial charge >= 0.3 is 6.03 Å². The largest absolute Gasteiger partial charge is 0.491 e. The summed E-state index contributed by atoms with van der Waals surface area (Å²) in [7, 11) is 0. The number of hydrogen-bond donors (Lipinski definition) is 3. The van der Waals surface area contributed by atoms with Gasteiger partial charge in [-0.2, -0.15) is 0 Å². The van der Waals surface area contributed by atoms with Crippen molar-refractivity contribution >= 4 is 36.1 Å². The monoisotopic (exact) mass is 499 g/mol. The van der Waals surface area contributed by atoms with E-state index in [9.17, 15) is 18.4 Å². The van der Waals surface area contributed by atoms with Crippen LogP contribution in [0.15, 0.2) is 66.7 Å². The first-order valence-corrected chi connectivity index (χ1v) is 11.6. The first-order chi connectivity index (χ1) is 16.8. The molecule has 0 aromatic heterocycles. The quantitative estimate of drug-likeness (QED) is 0.232. The Morgan fingerprint density at radius 3 is 2.46 bits per heavy atom. The third kappa shape index (κ3) is 6.95. The molecule has 0 aliphatic heterocycles. The van der Waals surface area contributed by atoms with E-state index in [2.05, 4.69) is 23.4 Å². The Morgan fingerprint density at radius 2 is 1.77 bits per heavy atom. The van der Waals surface area contributed by atoms with Gasteiger partial charge in [0.25, 0.3) is 5.91 Å². The molecule has 3 amide bonds. The maximum atomic E-state index is 14.0. The summed E-state index contributed by atoms with van der Waals surface area (Å²) in [4.78, 5) is 25.4. The Bertz CT molecular complexity index is 1170. The van der Waals surface area contributed by atoms with E-state index in [1.165, 1.54) is 30.3 Å². The Balaban J connectivity index is 1.78. The van der Waals surface area contributed by atoms with Crippen molar-refractivity contribution in [3.8, 4) is 5.75 Å². The second-order valence-electron chi connectivity index (χ2n) is 7.85. The number of urea groups is 1. The number of benzene rings is 3. The molecule has 3 aromatic carbocycles. The van der Waals surface area contributed by atoms with Crippen molar-refractivity contribution in [2.45, 2.75) is 32.7 Å². The summed E-state index contributed by atoms with van der Waals surface area (Å²) in [5.74, 6) is -1.30. The zero-order valence-corrected chi connectivity index (χ0v) is 20.3. The lowest BCUT2D eigenvalue weighted by molar-refractivity contribution is 0.102. The van der Waals surface area contributed by atoms with Crippen LogP contribution in [-0.2, 0) is 0 Å². The number of rotatable bonds is 9. The summed E-state index contributed by atoms with van der Waals surface area (Å²) in [6.45, 7) is 4.18. The van der Waals surface area contributed by atoms with Crippen LogP contribution >= 0.6 is 12.8 Å². The van der Waals surface area contributed by atoms with E-state index in [0.29, 0.717) is 23.7 Å². The summed E-state index contributed by atoms with van der Waals surface area (Å²) < 4.78 is 34.1. The summed E-state index contributed by atoms with van der Waals surface area (Å²) in [6.07, 6.45) is 1.68. The number of thiol groups is 1. The second kappa shape index (κ2) is 12.2. The lowest BCUT2D eigenvalue weighted by atomic mass is 10.1. The van der Waals surface area contributed by atoms with Crippen LogP contribution in [0.25, 0.3) is 0 Å². The van der Waals surface area contributed by atoms with Crippen molar-refractivity contribution in [2.24, 2.45) is 0 Å². The van der Waals surface area contributed by atoms with Gasteiger partial charge in [0.2, 0.25) is 0 Å². The van der Waals surface area contributed by atoms with Gasteiger partial charge in [-0.15, -0.1) is 0 Å². The Labute approximate surface area is 208 Å². The average molecular weight is 500 g/mol. The maximum Gasteiger partial charge on any atom is 0.332 e. The lowest BCUT2D eigenvalue weighted by Crippen LogP contribution is -2.35. The Kier molecular flexibility index (Phi) is 9.08. The average Bonchev–Trinajstić information content (AvgIpc) is 2.85. The second-order valence-corrected chi connectivity index (χ2v) is 8.25. The van der Waals surface area contributed by atoms with Crippen molar-refractivity contribution in [1.29, 1.82) is 0 Å². The third-order valence-electron chi connectivity index (χ3n) is 5.23. The number of amides is 3. The molecule has 0 aliphatic rings. The molecule has 1 unspecified atom stereocenters. The van der Waals surface area contributed by atoms with Crippen LogP contribution in [0.4, 0.5) is 25.0 Å². The molecular weight excluding hydrogens is 472 g/mol. The van der Waals surface area contributed by atoms with E-state index in [1.807, 2.05) is 6.92 Å². The minimum atomic E-state index is -0.636. The van der Waals surface area contributed by atoms with Gasteiger partial charge in [-0.1, -0.05) is 50.4 Å². The highest BCUT2D eigenvalue weighted by molar-refractivity contribution is 7.82. The third-order valence-corrected chi connectivity index (χ3v) is 5.65. The number of unbranched alkanes of at least 4 members (excludes halogenated alkanes) is 1. The number of nitrogens with one attached hydrogen (secondary N) is 2. The molecule has 0 heterocycles. The number of halogens is 2. The molecule has 0 saturated heterocycles. The van der Waals surface area contributed by atoms with Crippen LogP contribution in [0.3, 0.4) is 0 Å². The number of nitrogens with zero attached hydrogens (tertiary/aromatic N) is 1. The molecule has 0 radical (unpaired) electrons. The highest BCUT2D eigenvalue weighted by Crippen LogP contribution is 2.32. The first kappa shape index (κ1) is 26.0. The molecular formula is C26H27F2N3O3S. The zero-order valence-electron chi connectivity index (χ0n) is 19.4. The summed E-state index contributed by atoms with van der Waals surface area (Å²) in [5, 5.41) is 5.47. The number of carbonyl (C=O) groups excluding carboxylic acids is 2. The molecule has 2 N–H and O–H groups in total. The molecule has 35 heavy (non-hydrogen) atoms. The first-order valence-electron chi connectivity index (χ1n) is 11.2. The number of anilines is 2. The Hall–Kier alpha value is -3.59. The van der Waals surface area contributed by atoms with Crippen LogP contribution < -0.4 is 19.7 Å². The molecule has 0 saturated carbocycles. The number of carbonyl (C=O) groups is 2. The standard InChI is InChI=1S/C26H27F2N3O3S/c1-3-4-15-34-24-16-20(13-14-23(24)30-25(32)21-7-5-6-8-22(21)28)31(35)26(33)29-17(2)18-9-11-19(27)12-10-18/h5-14,16-17,35H,3-4,15H2,1-2H3,(H,29,33)(H,30,32). The van der Waals surface area contributed by atoms with E-state index in [0.717, 1.165) is 22.7 Å². The van der Waals surface area contributed by atoms with Gasteiger partial charge in [-0.05, 0) is 55.3 Å². The molecule has 0 bridgehead atoms. The molecule has 184 valence electrons. The van der Waals surface area contributed by atoms with Crippen LogP contribution in [0.5, 0.6) is 5.75 Å². The molecule has 6 nitrogen and oxygen atoms in total. The van der Waals surface area contributed by atoms with Gasteiger partial charge in [0.15, 0.2) is 0 Å². The highest BCUT2D eigenvalue weighted by Gasteiger charge is 2.19. The normalized spacial score (nSPS) is 11.5. The number of ether oxygens (including phenoxy) is 1. The Morgan fingerprint density at radius 1 is 1.06 bits per heavy atom. The van der Waals surface area contributed by atoms with Crippen LogP contribution in [-0.4, -0.2) is 18.5 Å². The van der Waals surface area contributed by atoms with Crippen molar-refractivity contribution in [3.63, 3.8) is 0 Å². The van der Waals surface area contributed by atoms with Gasteiger partial charge in [0.1, 0.15) is 17.4 Å². The fraction of sp³-hybridized carbons (Fsp3) is 0.231. The predicted molar refractivity (Wildman–Crippen MR) is 136 cm³/mol. The lowest BCUT2D eigenvalue weighted by Gasteiger charge is -2.22. The van der Waals surface area contributed by atoms with Gasteiger partial charge in [-0.3, -0.25) is 4.79 Å². The van der Waals surface area contributed by atoms with Crippen molar-refractivity contribution in [3.05, 3.63) is 89.5 Å². The smallest absolute Gasteiger partial charge is 0.332 e. The van der Waals surface area contributed by atoms with E-state index in [-0.39, 0.29) is 11.4 Å². The summed E-state index contributed by atoms with van der Waals surface area (Å²) in [6, 6.07) is 15.3. The predicted octanol–water partition coefficient (Wildman–Crippen LogP) is 6.52. The SMILES string of the molecule is CCCCOc1cc(N(S)C(=O)NC(C)c2ccc(F)cc2)ccc1NC(=O)c1ccccc1F. The zero-order chi connectivity index (χ0) is 25.4. The van der Waals surface area contributed by atoms with Gasteiger partial charge in [-0.25, -0.2) is 17.9 Å². The van der Waals surface area contributed by atoms with Gasteiger partial charge < -0.3 is 15.4 Å². The fourth-order valence-electron chi connectivity index (χ4n) is 3.23. The molecule has 0 aliphatic carbocycles. The van der Waals surface area contributed by atoms with Crippen LogP contribution in [0.2, 0.25) is 0 Å². The van der Waals surface area contributed by atoms with Crippen molar-refractivity contribution in [1.82, 2.24) is 5.32 Å². The molecule has 3 aromatic rings. The van der Waals surface area contributed by atoms with Crippen LogP contribution in [0.1, 0.15) is 48.7 Å². The van der Waals surface area contributed by atoms with Crippen LogP contribution in [0, 0.1) is 11.6 Å². The van der Waals surface area contributed by atoms with E-state index in [4.69, 9.17) is 4.74 Å². The molecule has 1 atom stereocenters. The minimum absolute atomic E-state index is 0.0962. The van der Waals surface area contributed by atoms with E-state index in [1.54, 1.807) is 43.3 Å². The maximum absolute atomic E-state index is 14.0. The van der Waals surface area contributed by atoms with E-state index < -0.39 is 23.8 Å². The van der Waals surface area contributed by atoms with Crippen molar-refractivity contribution in [2.75, 3.05) is 16.2 Å². The molecule has 9 heteroatoms. The van der Waals surface area contributed by atoms with Gasteiger partial charge in [0.05, 0.1) is 29.6 Å². The minimum Gasteiger partial charge on any atom is -0.491 e. The molecule has 0 spiro atoms. The fourth-order valence-corrected chi connectivity index (χ4v) is 3.41. The van der Waals surface area contributed by atoms with Gasteiger partial charge in [0, 0.05) is 6.07 Å².